The van der Waals surface area contributed by atoms with E-state index in [2.05, 4.69) is 8.75 Å². The monoisotopic (exact) mass is 529 g/mol. The van der Waals surface area contributed by atoms with Gasteiger partial charge < -0.3 is 20.1 Å². The first-order chi connectivity index (χ1) is 18.4. The summed E-state index contributed by atoms with van der Waals surface area (Å²) < 4.78 is 15.7. The maximum absolute atomic E-state index is 12.8. The minimum absolute atomic E-state index is 0.151. The summed E-state index contributed by atoms with van der Waals surface area (Å²) in [6.45, 7) is 2.84. The van der Waals surface area contributed by atoms with E-state index in [9.17, 15) is 14.7 Å². The van der Waals surface area contributed by atoms with Crippen molar-refractivity contribution in [3.8, 4) is 16.9 Å². The number of hydrogen-bond acceptors (Lipinski definition) is 6. The van der Waals surface area contributed by atoms with E-state index in [0.717, 1.165) is 52.2 Å². The molecule has 10 heteroatoms. The lowest BCUT2D eigenvalue weighted by Gasteiger charge is -2.20. The average Bonchev–Trinajstić information content (AvgIpc) is 3.51. The number of rotatable bonds is 9. The quantitative estimate of drug-likeness (QED) is 0.250. The average molecular weight is 530 g/mol. The van der Waals surface area contributed by atoms with Crippen molar-refractivity contribution in [2.24, 2.45) is 5.73 Å². The van der Waals surface area contributed by atoms with Gasteiger partial charge in [-0.15, -0.1) is 0 Å². The van der Waals surface area contributed by atoms with Crippen molar-refractivity contribution < 1.29 is 19.4 Å². The Morgan fingerprint density at radius 3 is 2.50 bits per heavy atom. The highest BCUT2D eigenvalue weighted by Gasteiger charge is 2.25. The number of carboxylic acids is 1. The number of urea groups is 1. The zero-order valence-electron chi connectivity index (χ0n) is 21.0. The van der Waals surface area contributed by atoms with Crippen molar-refractivity contribution in [1.82, 2.24) is 13.3 Å². The maximum Gasteiger partial charge on any atom is 0.353 e. The van der Waals surface area contributed by atoms with Crippen LogP contribution in [0, 0.1) is 0 Å². The molecule has 5 aromatic rings. The zero-order chi connectivity index (χ0) is 26.8. The van der Waals surface area contributed by atoms with Gasteiger partial charge in [-0.25, -0.2) is 9.59 Å². The number of carbonyl (C=O) groups is 2. The van der Waals surface area contributed by atoms with Gasteiger partial charge in [0, 0.05) is 35.2 Å². The van der Waals surface area contributed by atoms with Crippen LogP contribution in [0.4, 0.5) is 10.5 Å². The van der Waals surface area contributed by atoms with Gasteiger partial charge in [0.05, 0.1) is 18.8 Å². The molecule has 0 aliphatic heterocycles. The molecule has 0 saturated heterocycles. The SMILES string of the molecule is CCCCN(C(N)=O)c1ccc2c(c1)c(-c1ccc(OC)cc1)c(C(=O)O)n2Cc1ccc2nsnc2c1. The zero-order valence-corrected chi connectivity index (χ0v) is 21.9. The summed E-state index contributed by atoms with van der Waals surface area (Å²) in [5.74, 6) is -0.387. The van der Waals surface area contributed by atoms with Crippen molar-refractivity contribution in [2.45, 2.75) is 26.3 Å². The Balaban J connectivity index is 1.74. The lowest BCUT2D eigenvalue weighted by Crippen LogP contribution is -2.36. The first-order valence-electron chi connectivity index (χ1n) is 12.2. The van der Waals surface area contributed by atoms with Crippen LogP contribution in [0.1, 0.15) is 35.8 Å². The molecule has 0 atom stereocenters. The molecular formula is C28H27N5O4S. The molecule has 0 bridgehead atoms. The van der Waals surface area contributed by atoms with Crippen LogP contribution in [0.15, 0.2) is 60.7 Å². The van der Waals surface area contributed by atoms with E-state index >= 15 is 0 Å². The smallest absolute Gasteiger partial charge is 0.353 e. The number of aromatic carboxylic acids is 1. The Bertz CT molecular complexity index is 1640. The fraction of sp³-hybridized carbons (Fsp3) is 0.214. The number of benzene rings is 3. The second-order valence-corrected chi connectivity index (χ2v) is 9.50. The standard InChI is InChI=1S/C28H27N5O4S/c1-3-4-13-32(28(29)36)19-8-12-24-21(15-19)25(18-6-9-20(37-2)10-7-18)26(27(34)35)33(24)16-17-5-11-22-23(14-17)31-38-30-22/h5-12,14-15H,3-4,13,16H2,1-2H3,(H2,29,36)(H,34,35). The topological polar surface area (TPSA) is 124 Å². The molecular weight excluding hydrogens is 502 g/mol. The van der Waals surface area contributed by atoms with Gasteiger partial charge in [0.1, 0.15) is 22.5 Å². The van der Waals surface area contributed by atoms with Gasteiger partial charge in [0.15, 0.2) is 0 Å². The Kier molecular flexibility index (Phi) is 6.97. The predicted octanol–water partition coefficient (Wildman–Crippen LogP) is 5.75. The number of aromatic nitrogens is 3. The van der Waals surface area contributed by atoms with E-state index in [1.165, 1.54) is 4.90 Å². The first-order valence-corrected chi connectivity index (χ1v) is 13.0. The lowest BCUT2D eigenvalue weighted by molar-refractivity contribution is 0.0687. The van der Waals surface area contributed by atoms with Gasteiger partial charge in [-0.3, -0.25) is 4.90 Å². The highest BCUT2D eigenvalue weighted by molar-refractivity contribution is 7.00. The van der Waals surface area contributed by atoms with Crippen LogP contribution in [0.25, 0.3) is 33.1 Å². The van der Waals surface area contributed by atoms with Gasteiger partial charge in [-0.1, -0.05) is 31.5 Å². The summed E-state index contributed by atoms with van der Waals surface area (Å²) >= 11 is 1.14. The fourth-order valence-corrected chi connectivity index (χ4v) is 5.26. The molecule has 0 fully saturated rings. The van der Waals surface area contributed by atoms with Crippen LogP contribution in [-0.2, 0) is 6.54 Å². The van der Waals surface area contributed by atoms with Gasteiger partial charge in [-0.05, 0) is 60.0 Å². The molecule has 0 radical (unpaired) electrons. The summed E-state index contributed by atoms with van der Waals surface area (Å²) in [5, 5.41) is 11.2. The molecule has 3 N–H and O–H groups in total. The molecule has 0 saturated carbocycles. The molecule has 38 heavy (non-hydrogen) atoms. The van der Waals surface area contributed by atoms with E-state index in [4.69, 9.17) is 10.5 Å². The van der Waals surface area contributed by atoms with Gasteiger partial charge in [-0.2, -0.15) is 8.75 Å². The predicted molar refractivity (Wildman–Crippen MR) is 149 cm³/mol. The number of methoxy groups -OCH3 is 1. The molecule has 0 aliphatic carbocycles. The number of nitrogens with two attached hydrogens (primary N) is 1. The second kappa shape index (κ2) is 10.5. The fourth-order valence-electron chi connectivity index (χ4n) is 4.74. The number of anilines is 1. The summed E-state index contributed by atoms with van der Waals surface area (Å²) in [6, 6.07) is 18.0. The minimum Gasteiger partial charge on any atom is -0.497 e. The minimum atomic E-state index is -1.05. The van der Waals surface area contributed by atoms with Gasteiger partial charge in [0.25, 0.3) is 0 Å². The molecule has 0 spiro atoms. The Morgan fingerprint density at radius 2 is 1.82 bits per heavy atom. The van der Waals surface area contributed by atoms with E-state index in [1.807, 2.05) is 55.5 Å². The van der Waals surface area contributed by atoms with Gasteiger partial charge >= 0.3 is 12.0 Å². The summed E-state index contributed by atoms with van der Waals surface area (Å²) in [5.41, 5.74) is 11.0. The van der Waals surface area contributed by atoms with Crippen LogP contribution in [0.2, 0.25) is 0 Å². The van der Waals surface area contributed by atoms with Crippen molar-refractivity contribution in [3.05, 3.63) is 71.9 Å². The molecule has 2 aromatic heterocycles. The van der Waals surface area contributed by atoms with E-state index < -0.39 is 12.0 Å². The van der Waals surface area contributed by atoms with E-state index in [0.29, 0.717) is 35.5 Å². The van der Waals surface area contributed by atoms with E-state index in [1.54, 1.807) is 23.8 Å². The Labute approximate surface area is 223 Å². The largest absolute Gasteiger partial charge is 0.497 e. The number of unbranched alkanes of at least 4 members (excludes halogenated alkanes) is 1. The lowest BCUT2D eigenvalue weighted by atomic mass is 10.0. The number of carbonyl (C=O) groups excluding carboxylic acids is 1. The number of ether oxygens (including phenoxy) is 1. The number of carboxylic acid groups (broad SMARTS) is 1. The first kappa shape index (κ1) is 25.2. The Hall–Kier alpha value is -4.44. The molecule has 2 amide bonds. The van der Waals surface area contributed by atoms with Crippen molar-refractivity contribution >= 4 is 51.4 Å². The number of nitrogens with zero attached hydrogens (tertiary/aromatic N) is 4. The third-order valence-electron chi connectivity index (χ3n) is 6.60. The summed E-state index contributed by atoms with van der Waals surface area (Å²) in [4.78, 5) is 26.6. The molecule has 2 heterocycles. The van der Waals surface area contributed by atoms with E-state index in [-0.39, 0.29) is 5.69 Å². The molecule has 0 aliphatic rings. The summed E-state index contributed by atoms with van der Waals surface area (Å²) in [6.07, 6.45) is 1.70. The van der Waals surface area contributed by atoms with Gasteiger partial charge in [0.2, 0.25) is 0 Å². The number of fused-ring (bicyclic) bond motifs is 2. The Morgan fingerprint density at radius 1 is 1.05 bits per heavy atom. The van der Waals surface area contributed by atoms with Crippen LogP contribution in [0.5, 0.6) is 5.75 Å². The number of amides is 2. The third-order valence-corrected chi connectivity index (χ3v) is 7.16. The normalized spacial score (nSPS) is 11.2. The second-order valence-electron chi connectivity index (χ2n) is 8.98. The number of hydrogen-bond donors (Lipinski definition) is 2. The molecule has 5 rings (SSSR count). The maximum atomic E-state index is 12.8. The van der Waals surface area contributed by atoms with Crippen molar-refractivity contribution in [2.75, 3.05) is 18.6 Å². The highest BCUT2D eigenvalue weighted by Crippen LogP contribution is 2.38. The van der Waals surface area contributed by atoms with Crippen molar-refractivity contribution in [3.63, 3.8) is 0 Å². The van der Waals surface area contributed by atoms with Crippen LogP contribution >= 0.6 is 11.7 Å². The van der Waals surface area contributed by atoms with Crippen LogP contribution in [0.3, 0.4) is 0 Å². The summed E-state index contributed by atoms with van der Waals surface area (Å²) in [7, 11) is 1.58. The molecule has 194 valence electrons. The van der Waals surface area contributed by atoms with Crippen LogP contribution in [-0.4, -0.2) is 44.1 Å². The van der Waals surface area contributed by atoms with Crippen LogP contribution < -0.4 is 15.4 Å². The number of primary amides is 1. The van der Waals surface area contributed by atoms with Crippen molar-refractivity contribution in [1.29, 1.82) is 0 Å². The third kappa shape index (κ3) is 4.66. The highest BCUT2D eigenvalue weighted by atomic mass is 32.1. The molecule has 0 unspecified atom stereocenters. The molecule has 9 nitrogen and oxygen atoms in total. The molecule has 3 aromatic carbocycles.